The molecule has 0 unspecified atom stereocenters. The lowest BCUT2D eigenvalue weighted by molar-refractivity contribution is 0.415. The fourth-order valence-electron chi connectivity index (χ4n) is 1.94. The van der Waals surface area contributed by atoms with Crippen LogP contribution in [0, 0.1) is 6.92 Å². The van der Waals surface area contributed by atoms with Gasteiger partial charge in [-0.2, -0.15) is 0 Å². The van der Waals surface area contributed by atoms with Gasteiger partial charge in [-0.05, 0) is 42.8 Å². The molecule has 0 aliphatic rings. The molecule has 3 rings (SSSR count). The van der Waals surface area contributed by atoms with Crippen LogP contribution in [-0.2, 0) is 0 Å². The maximum atomic E-state index is 6.19. The van der Waals surface area contributed by atoms with Crippen molar-refractivity contribution in [2.45, 2.75) is 6.92 Å². The molecule has 0 spiro atoms. The Kier molecular flexibility index (Phi) is 3.51. The second kappa shape index (κ2) is 5.31. The highest BCUT2D eigenvalue weighted by molar-refractivity contribution is 7.22. The highest BCUT2D eigenvalue weighted by Gasteiger charge is 2.07. The third kappa shape index (κ3) is 2.57. The molecule has 0 aliphatic heterocycles. The molecule has 0 saturated carbocycles. The molecular weight excluding hydrogens is 292 g/mol. The van der Waals surface area contributed by atoms with Crippen molar-refractivity contribution in [3.05, 3.63) is 47.0 Å². The Bertz CT molecular complexity index is 770. The molecule has 1 heterocycles. The van der Waals surface area contributed by atoms with E-state index in [4.69, 9.17) is 16.3 Å². The summed E-state index contributed by atoms with van der Waals surface area (Å²) in [5.74, 6) is 0.835. The molecule has 0 aliphatic carbocycles. The second-order valence-electron chi connectivity index (χ2n) is 4.46. The van der Waals surface area contributed by atoms with Gasteiger partial charge in [0.15, 0.2) is 5.13 Å². The first-order valence-corrected chi connectivity index (χ1v) is 7.33. The van der Waals surface area contributed by atoms with Crippen molar-refractivity contribution in [1.29, 1.82) is 0 Å². The highest BCUT2D eigenvalue weighted by atomic mass is 35.5. The molecule has 1 N–H and O–H groups in total. The third-order valence-corrected chi connectivity index (χ3v) is 4.22. The number of anilines is 2. The number of halogens is 1. The summed E-state index contributed by atoms with van der Waals surface area (Å²) in [6.07, 6.45) is 0. The Morgan fingerprint density at radius 2 is 2.05 bits per heavy atom. The van der Waals surface area contributed by atoms with Gasteiger partial charge in [0.25, 0.3) is 0 Å². The van der Waals surface area contributed by atoms with Crippen LogP contribution < -0.4 is 10.1 Å². The van der Waals surface area contributed by atoms with Crippen LogP contribution in [0.3, 0.4) is 0 Å². The van der Waals surface area contributed by atoms with Gasteiger partial charge in [0.1, 0.15) is 5.75 Å². The number of rotatable bonds is 3. The van der Waals surface area contributed by atoms with Gasteiger partial charge in [0, 0.05) is 0 Å². The zero-order valence-electron chi connectivity index (χ0n) is 11.1. The lowest BCUT2D eigenvalue weighted by atomic mass is 10.2. The SMILES string of the molecule is COc1ccc2nc(Nc3cc(C)ccc3Cl)sc2c1. The summed E-state index contributed by atoms with van der Waals surface area (Å²) in [5.41, 5.74) is 2.97. The van der Waals surface area contributed by atoms with Crippen LogP contribution in [0.25, 0.3) is 10.2 Å². The Morgan fingerprint density at radius 3 is 2.85 bits per heavy atom. The van der Waals surface area contributed by atoms with E-state index < -0.39 is 0 Å². The summed E-state index contributed by atoms with van der Waals surface area (Å²) in [6.45, 7) is 2.03. The van der Waals surface area contributed by atoms with Crippen LogP contribution in [-0.4, -0.2) is 12.1 Å². The van der Waals surface area contributed by atoms with Crippen molar-refractivity contribution >= 4 is 44.0 Å². The second-order valence-corrected chi connectivity index (χ2v) is 5.90. The lowest BCUT2D eigenvalue weighted by Gasteiger charge is -2.05. The van der Waals surface area contributed by atoms with Gasteiger partial charge in [-0.3, -0.25) is 0 Å². The molecule has 5 heteroatoms. The van der Waals surface area contributed by atoms with E-state index >= 15 is 0 Å². The number of aromatic nitrogens is 1. The fraction of sp³-hybridized carbons (Fsp3) is 0.133. The molecule has 0 saturated heterocycles. The standard InChI is InChI=1S/C15H13ClN2OS/c1-9-3-5-11(16)13(7-9)18-15-17-12-6-4-10(19-2)8-14(12)20-15/h3-8H,1-2H3,(H,17,18). The summed E-state index contributed by atoms with van der Waals surface area (Å²) in [7, 11) is 1.66. The van der Waals surface area contributed by atoms with E-state index in [9.17, 15) is 0 Å². The van der Waals surface area contributed by atoms with E-state index in [2.05, 4.69) is 10.3 Å². The number of ether oxygens (including phenoxy) is 1. The van der Waals surface area contributed by atoms with Gasteiger partial charge in [-0.25, -0.2) is 4.98 Å². The van der Waals surface area contributed by atoms with Crippen molar-refractivity contribution < 1.29 is 4.74 Å². The summed E-state index contributed by atoms with van der Waals surface area (Å²) in [4.78, 5) is 4.55. The Morgan fingerprint density at radius 1 is 1.20 bits per heavy atom. The van der Waals surface area contributed by atoms with Crippen LogP contribution in [0.4, 0.5) is 10.8 Å². The first-order valence-electron chi connectivity index (χ1n) is 6.13. The zero-order chi connectivity index (χ0) is 14.1. The van der Waals surface area contributed by atoms with Gasteiger partial charge in [-0.1, -0.05) is 29.0 Å². The van der Waals surface area contributed by atoms with Crippen LogP contribution in [0.1, 0.15) is 5.56 Å². The number of hydrogen-bond acceptors (Lipinski definition) is 4. The minimum atomic E-state index is 0.687. The normalized spacial score (nSPS) is 10.8. The van der Waals surface area contributed by atoms with Gasteiger partial charge in [0.05, 0.1) is 28.0 Å². The zero-order valence-corrected chi connectivity index (χ0v) is 12.7. The summed E-state index contributed by atoms with van der Waals surface area (Å²) >= 11 is 7.76. The predicted octanol–water partition coefficient (Wildman–Crippen LogP) is 5.01. The molecule has 3 aromatic rings. The molecule has 0 fully saturated rings. The average Bonchev–Trinajstić information content (AvgIpc) is 2.84. The van der Waals surface area contributed by atoms with Crippen molar-refractivity contribution in [3.8, 4) is 5.75 Å². The number of nitrogens with zero attached hydrogens (tertiary/aromatic N) is 1. The minimum Gasteiger partial charge on any atom is -0.497 e. The number of thiazole rings is 1. The molecule has 1 aromatic heterocycles. The van der Waals surface area contributed by atoms with Gasteiger partial charge < -0.3 is 10.1 Å². The molecule has 3 nitrogen and oxygen atoms in total. The van der Waals surface area contributed by atoms with Crippen molar-refractivity contribution in [1.82, 2.24) is 4.98 Å². The largest absolute Gasteiger partial charge is 0.497 e. The summed E-state index contributed by atoms with van der Waals surface area (Å²) in [6, 6.07) is 11.7. The number of aryl methyl sites for hydroxylation is 1. The first-order chi connectivity index (χ1) is 9.65. The van der Waals surface area contributed by atoms with Gasteiger partial charge in [-0.15, -0.1) is 0 Å². The van der Waals surface area contributed by atoms with E-state index in [1.54, 1.807) is 18.4 Å². The number of methoxy groups -OCH3 is 1. The molecular formula is C15H13ClN2OS. The summed E-state index contributed by atoms with van der Waals surface area (Å²) in [5, 5.41) is 4.78. The molecule has 0 atom stereocenters. The third-order valence-electron chi connectivity index (χ3n) is 2.96. The van der Waals surface area contributed by atoms with Crippen molar-refractivity contribution in [2.75, 3.05) is 12.4 Å². The molecule has 2 aromatic carbocycles. The van der Waals surface area contributed by atoms with Crippen LogP contribution in [0.15, 0.2) is 36.4 Å². The number of fused-ring (bicyclic) bond motifs is 1. The molecule has 102 valence electrons. The predicted molar refractivity (Wildman–Crippen MR) is 85.6 cm³/mol. The quantitative estimate of drug-likeness (QED) is 0.738. The first kappa shape index (κ1) is 13.2. The van der Waals surface area contributed by atoms with Gasteiger partial charge >= 0.3 is 0 Å². The monoisotopic (exact) mass is 304 g/mol. The molecule has 0 amide bonds. The number of benzene rings is 2. The minimum absolute atomic E-state index is 0.687. The Balaban J connectivity index is 1.96. The smallest absolute Gasteiger partial charge is 0.188 e. The van der Waals surface area contributed by atoms with Gasteiger partial charge in [0.2, 0.25) is 0 Å². The van der Waals surface area contributed by atoms with Crippen molar-refractivity contribution in [3.63, 3.8) is 0 Å². The maximum Gasteiger partial charge on any atom is 0.188 e. The van der Waals surface area contributed by atoms with E-state index in [-0.39, 0.29) is 0 Å². The highest BCUT2D eigenvalue weighted by Crippen LogP contribution is 2.33. The van der Waals surface area contributed by atoms with Crippen LogP contribution in [0.2, 0.25) is 5.02 Å². The van der Waals surface area contributed by atoms with E-state index in [1.807, 2.05) is 43.3 Å². The molecule has 20 heavy (non-hydrogen) atoms. The number of hydrogen-bond donors (Lipinski definition) is 1. The Hall–Kier alpha value is -1.78. The fourth-order valence-corrected chi connectivity index (χ4v) is 3.01. The van der Waals surface area contributed by atoms with Crippen LogP contribution in [0.5, 0.6) is 5.75 Å². The summed E-state index contributed by atoms with van der Waals surface area (Å²) < 4.78 is 6.30. The lowest BCUT2D eigenvalue weighted by Crippen LogP contribution is -1.90. The van der Waals surface area contributed by atoms with Crippen LogP contribution >= 0.6 is 22.9 Å². The molecule has 0 bridgehead atoms. The maximum absolute atomic E-state index is 6.19. The van der Waals surface area contributed by atoms with Crippen molar-refractivity contribution in [2.24, 2.45) is 0 Å². The van der Waals surface area contributed by atoms with E-state index in [1.165, 1.54) is 0 Å². The number of nitrogens with one attached hydrogen (secondary N) is 1. The average molecular weight is 305 g/mol. The molecule has 0 radical (unpaired) electrons. The topological polar surface area (TPSA) is 34.1 Å². The Labute approximate surface area is 126 Å². The van der Waals surface area contributed by atoms with E-state index in [0.29, 0.717) is 5.02 Å². The van der Waals surface area contributed by atoms with E-state index in [0.717, 1.165) is 32.3 Å².